The fourth-order valence-electron chi connectivity index (χ4n) is 1.06. The minimum atomic E-state index is 0.738. The number of hydrogen-bond acceptors (Lipinski definition) is 5. The molecule has 0 saturated heterocycles. The Kier molecular flexibility index (Phi) is 1.86. The van der Waals surface area contributed by atoms with E-state index in [0.29, 0.717) is 0 Å². The Bertz CT molecular complexity index is 329. The van der Waals surface area contributed by atoms with Gasteiger partial charge in [0.15, 0.2) is 5.84 Å². The van der Waals surface area contributed by atoms with Gasteiger partial charge in [-0.25, -0.2) is 5.12 Å². The molecule has 5 heteroatoms. The predicted molar refractivity (Wildman–Crippen MR) is 49.5 cm³/mol. The summed E-state index contributed by atoms with van der Waals surface area (Å²) in [5.41, 5.74) is 7.71. The van der Waals surface area contributed by atoms with Gasteiger partial charge in [-0.1, -0.05) is 6.07 Å². The number of hydrazone groups is 1. The van der Waals surface area contributed by atoms with Crippen molar-refractivity contribution < 1.29 is 0 Å². The van der Waals surface area contributed by atoms with Crippen molar-refractivity contribution in [1.29, 1.82) is 0 Å². The van der Waals surface area contributed by atoms with E-state index in [9.17, 15) is 0 Å². The second kappa shape index (κ2) is 3.02. The predicted octanol–water partition coefficient (Wildman–Crippen LogP) is 0.00622. The van der Waals surface area contributed by atoms with E-state index in [1.807, 2.05) is 32.3 Å². The van der Waals surface area contributed by atoms with Gasteiger partial charge in [0.05, 0.1) is 0 Å². The molecule has 1 aliphatic rings. The van der Waals surface area contributed by atoms with E-state index in [1.54, 1.807) is 5.12 Å². The number of aromatic nitrogens is 1. The van der Waals surface area contributed by atoms with Gasteiger partial charge < -0.3 is 0 Å². The zero-order chi connectivity index (χ0) is 9.26. The molecule has 0 radical (unpaired) electrons. The molecular weight excluding hydrogens is 166 g/mol. The fourth-order valence-corrected chi connectivity index (χ4v) is 1.06. The van der Waals surface area contributed by atoms with Gasteiger partial charge in [-0.2, -0.15) is 0 Å². The van der Waals surface area contributed by atoms with E-state index < -0.39 is 0 Å². The van der Waals surface area contributed by atoms with E-state index >= 15 is 0 Å². The molecule has 1 aromatic rings. The second-order valence-electron chi connectivity index (χ2n) is 2.93. The molecule has 0 saturated carbocycles. The third-order valence-corrected chi connectivity index (χ3v) is 1.74. The molecule has 2 heterocycles. The minimum absolute atomic E-state index is 0.738. The molecule has 0 unspecified atom stereocenters. The number of pyridine rings is 1. The first kappa shape index (κ1) is 8.00. The molecule has 68 valence electrons. The lowest BCUT2D eigenvalue weighted by atomic mass is 10.2. The molecule has 0 fully saturated rings. The lowest BCUT2D eigenvalue weighted by molar-refractivity contribution is 0.259. The van der Waals surface area contributed by atoms with Gasteiger partial charge in [-0.3, -0.25) is 10.4 Å². The maximum atomic E-state index is 4.23. The average Bonchev–Trinajstić information content (AvgIpc) is 2.53. The topological polar surface area (TPSA) is 52.5 Å². The molecule has 0 amide bonds. The Morgan fingerprint density at radius 1 is 1.38 bits per heavy atom. The summed E-state index contributed by atoms with van der Waals surface area (Å²) >= 11 is 0. The largest absolute Gasteiger partial charge is 0.283 e. The van der Waals surface area contributed by atoms with Crippen LogP contribution in [0.2, 0.25) is 0 Å². The van der Waals surface area contributed by atoms with E-state index in [-0.39, 0.29) is 0 Å². The van der Waals surface area contributed by atoms with Crippen LogP contribution in [-0.4, -0.2) is 23.0 Å². The Hall–Kier alpha value is -1.62. The summed E-state index contributed by atoms with van der Waals surface area (Å²) in [6.07, 6.45) is 1.82. The highest BCUT2D eigenvalue weighted by Gasteiger charge is 2.11. The van der Waals surface area contributed by atoms with Crippen LogP contribution in [0.4, 0.5) is 0 Å². The molecule has 1 aromatic heterocycles. The van der Waals surface area contributed by atoms with Crippen molar-refractivity contribution in [1.82, 2.24) is 21.1 Å². The van der Waals surface area contributed by atoms with Gasteiger partial charge in [0.25, 0.3) is 0 Å². The molecular formula is C8H11N5. The minimum Gasteiger partial charge on any atom is -0.283 e. The van der Waals surface area contributed by atoms with Crippen molar-refractivity contribution >= 4 is 5.84 Å². The molecule has 1 aliphatic heterocycles. The zero-order valence-corrected chi connectivity index (χ0v) is 7.57. The summed E-state index contributed by atoms with van der Waals surface area (Å²) in [6, 6.07) is 3.94. The SMILES string of the molecule is Cc1ccc(C2=NN(C)NN2)nc1. The molecule has 5 nitrogen and oxygen atoms in total. The maximum absolute atomic E-state index is 4.23. The fraction of sp³-hybridized carbons (Fsp3) is 0.250. The third-order valence-electron chi connectivity index (χ3n) is 1.74. The van der Waals surface area contributed by atoms with Crippen molar-refractivity contribution in [2.24, 2.45) is 5.10 Å². The number of rotatable bonds is 1. The van der Waals surface area contributed by atoms with E-state index in [4.69, 9.17) is 0 Å². The summed E-state index contributed by atoms with van der Waals surface area (Å²) in [5, 5.41) is 5.75. The van der Waals surface area contributed by atoms with Gasteiger partial charge >= 0.3 is 0 Å². The second-order valence-corrected chi connectivity index (χ2v) is 2.93. The Morgan fingerprint density at radius 2 is 2.23 bits per heavy atom. The van der Waals surface area contributed by atoms with Crippen LogP contribution < -0.4 is 11.0 Å². The van der Waals surface area contributed by atoms with E-state index in [1.165, 1.54) is 0 Å². The van der Waals surface area contributed by atoms with Crippen LogP contribution in [-0.2, 0) is 0 Å². The number of hydrazine groups is 2. The normalized spacial score (nSPS) is 15.5. The molecule has 0 spiro atoms. The highest BCUT2D eigenvalue weighted by molar-refractivity contribution is 5.97. The molecule has 2 N–H and O–H groups in total. The van der Waals surface area contributed by atoms with Gasteiger partial charge in [0.2, 0.25) is 0 Å². The number of nitrogens with zero attached hydrogens (tertiary/aromatic N) is 3. The molecule has 0 atom stereocenters. The van der Waals surface area contributed by atoms with Crippen LogP contribution >= 0.6 is 0 Å². The molecule has 13 heavy (non-hydrogen) atoms. The van der Waals surface area contributed by atoms with E-state index in [2.05, 4.69) is 21.0 Å². The molecule has 0 bridgehead atoms. The first-order valence-corrected chi connectivity index (χ1v) is 4.03. The van der Waals surface area contributed by atoms with Crippen molar-refractivity contribution in [2.45, 2.75) is 6.92 Å². The Labute approximate surface area is 76.4 Å². The monoisotopic (exact) mass is 177 g/mol. The highest BCUT2D eigenvalue weighted by atomic mass is 15.8. The smallest absolute Gasteiger partial charge is 0.189 e. The van der Waals surface area contributed by atoms with Crippen LogP contribution in [0.3, 0.4) is 0 Å². The van der Waals surface area contributed by atoms with Crippen molar-refractivity contribution in [2.75, 3.05) is 7.05 Å². The van der Waals surface area contributed by atoms with Crippen molar-refractivity contribution in [3.8, 4) is 0 Å². The number of nitrogens with one attached hydrogen (secondary N) is 2. The van der Waals surface area contributed by atoms with Gasteiger partial charge in [-0.15, -0.1) is 10.6 Å². The van der Waals surface area contributed by atoms with Gasteiger partial charge in [0, 0.05) is 13.2 Å². The number of aryl methyl sites for hydroxylation is 1. The zero-order valence-electron chi connectivity index (χ0n) is 7.57. The first-order valence-electron chi connectivity index (χ1n) is 4.03. The summed E-state index contributed by atoms with van der Waals surface area (Å²) in [5.74, 6) is 0.738. The Morgan fingerprint density at radius 3 is 2.77 bits per heavy atom. The van der Waals surface area contributed by atoms with Gasteiger partial charge in [0.1, 0.15) is 5.69 Å². The third kappa shape index (κ3) is 1.59. The van der Waals surface area contributed by atoms with Crippen LogP contribution in [0.15, 0.2) is 23.4 Å². The lowest BCUT2D eigenvalue weighted by Crippen LogP contribution is -2.36. The molecule has 2 rings (SSSR count). The summed E-state index contributed by atoms with van der Waals surface area (Å²) in [7, 11) is 1.81. The maximum Gasteiger partial charge on any atom is 0.189 e. The molecule has 0 aromatic carbocycles. The molecule has 0 aliphatic carbocycles. The summed E-state index contributed by atoms with van der Waals surface area (Å²) < 4.78 is 0. The van der Waals surface area contributed by atoms with Gasteiger partial charge in [-0.05, 0) is 18.6 Å². The number of amidine groups is 1. The standard InChI is InChI=1S/C8H11N5/c1-6-3-4-7(9-5-6)8-10-12-13(2)11-8/h3-5,12H,1-2H3,(H,10,11). The first-order chi connectivity index (χ1) is 6.25. The average molecular weight is 177 g/mol. The van der Waals surface area contributed by atoms with E-state index in [0.717, 1.165) is 17.1 Å². The van der Waals surface area contributed by atoms with Crippen LogP contribution in [0, 0.1) is 6.92 Å². The highest BCUT2D eigenvalue weighted by Crippen LogP contribution is 2.01. The lowest BCUT2D eigenvalue weighted by Gasteiger charge is -2.02. The van der Waals surface area contributed by atoms with Crippen LogP contribution in [0.1, 0.15) is 11.3 Å². The van der Waals surface area contributed by atoms with Crippen molar-refractivity contribution in [3.63, 3.8) is 0 Å². The van der Waals surface area contributed by atoms with Crippen molar-refractivity contribution in [3.05, 3.63) is 29.6 Å². The Balaban J connectivity index is 2.26. The quantitative estimate of drug-likeness (QED) is 0.634. The summed E-state index contributed by atoms with van der Waals surface area (Å²) in [6.45, 7) is 2.01. The summed E-state index contributed by atoms with van der Waals surface area (Å²) in [4.78, 5) is 4.23. The number of hydrogen-bond donors (Lipinski definition) is 2. The van der Waals surface area contributed by atoms with Crippen LogP contribution in [0.25, 0.3) is 0 Å². The van der Waals surface area contributed by atoms with Crippen LogP contribution in [0.5, 0.6) is 0 Å².